The highest BCUT2D eigenvalue weighted by Crippen LogP contribution is 2.30. The summed E-state index contributed by atoms with van der Waals surface area (Å²) in [4.78, 5) is 26.4. The van der Waals surface area contributed by atoms with Crippen LogP contribution in [-0.4, -0.2) is 48.3 Å². The van der Waals surface area contributed by atoms with E-state index in [1.165, 1.54) is 0 Å². The van der Waals surface area contributed by atoms with Crippen LogP contribution in [0, 0.1) is 13.8 Å². The largest absolute Gasteiger partial charge is 0.497 e. The minimum atomic E-state index is -1.20. The predicted molar refractivity (Wildman–Crippen MR) is 108 cm³/mol. The molecule has 7 nitrogen and oxygen atoms in total. The smallest absolute Gasteiger partial charge is 0.325 e. The minimum Gasteiger partial charge on any atom is -0.497 e. The molecule has 2 N–H and O–H groups in total. The van der Waals surface area contributed by atoms with Gasteiger partial charge >= 0.3 is 6.03 Å². The molecular formula is C22H26N2O5. The van der Waals surface area contributed by atoms with Crippen molar-refractivity contribution in [1.82, 2.24) is 10.2 Å². The van der Waals surface area contributed by atoms with Crippen LogP contribution in [0.5, 0.6) is 11.5 Å². The lowest BCUT2D eigenvalue weighted by Gasteiger charge is -2.23. The van der Waals surface area contributed by atoms with Crippen molar-refractivity contribution in [3.63, 3.8) is 0 Å². The molecule has 0 unspecified atom stereocenters. The van der Waals surface area contributed by atoms with Gasteiger partial charge in [-0.1, -0.05) is 18.2 Å². The maximum Gasteiger partial charge on any atom is 0.325 e. The van der Waals surface area contributed by atoms with Crippen molar-refractivity contribution < 1.29 is 24.2 Å². The summed E-state index contributed by atoms with van der Waals surface area (Å²) in [6, 6.07) is 12.2. The van der Waals surface area contributed by atoms with E-state index in [-0.39, 0.29) is 13.2 Å². The lowest BCUT2D eigenvalue weighted by molar-refractivity contribution is -0.132. The number of methoxy groups -OCH3 is 1. The van der Waals surface area contributed by atoms with Gasteiger partial charge in [-0.25, -0.2) is 4.79 Å². The van der Waals surface area contributed by atoms with Crippen molar-refractivity contribution in [3.05, 3.63) is 59.2 Å². The number of imide groups is 1. The summed E-state index contributed by atoms with van der Waals surface area (Å²) in [6.45, 7) is 5.39. The highest BCUT2D eigenvalue weighted by atomic mass is 16.5. The zero-order valence-electron chi connectivity index (χ0n) is 17.1. The van der Waals surface area contributed by atoms with Crippen LogP contribution in [0.2, 0.25) is 0 Å². The van der Waals surface area contributed by atoms with E-state index in [9.17, 15) is 14.7 Å². The first-order valence-electron chi connectivity index (χ1n) is 9.40. The van der Waals surface area contributed by atoms with E-state index in [0.717, 1.165) is 16.0 Å². The Labute approximate surface area is 170 Å². The number of urea groups is 1. The summed E-state index contributed by atoms with van der Waals surface area (Å²) in [6.07, 6.45) is -1.01. The maximum atomic E-state index is 13.0. The van der Waals surface area contributed by atoms with Gasteiger partial charge in [-0.2, -0.15) is 0 Å². The van der Waals surface area contributed by atoms with Crippen LogP contribution in [0.4, 0.5) is 4.79 Å². The van der Waals surface area contributed by atoms with E-state index < -0.39 is 23.6 Å². The molecule has 0 spiro atoms. The van der Waals surface area contributed by atoms with Gasteiger partial charge in [-0.3, -0.25) is 9.69 Å². The van der Waals surface area contributed by atoms with Crippen LogP contribution in [0.1, 0.15) is 23.6 Å². The Bertz CT molecular complexity index is 892. The summed E-state index contributed by atoms with van der Waals surface area (Å²) in [7, 11) is 1.56. The molecule has 29 heavy (non-hydrogen) atoms. The number of aliphatic hydroxyl groups is 1. The van der Waals surface area contributed by atoms with Crippen molar-refractivity contribution in [2.75, 3.05) is 20.3 Å². The number of hydrogen-bond donors (Lipinski definition) is 2. The second-order valence-corrected chi connectivity index (χ2v) is 7.49. The Morgan fingerprint density at radius 3 is 2.28 bits per heavy atom. The third-order valence-corrected chi connectivity index (χ3v) is 4.97. The molecule has 0 saturated carbocycles. The number of nitrogens with one attached hydrogen (secondary N) is 1. The standard InChI is InChI=1S/C22H26N2O5/c1-14-9-15(2)11-19(10-14)29-13-17(25)12-24-20(26)22(3,23-21(24)27)16-5-7-18(28-4)8-6-16/h5-11,17,25H,12-13H2,1-4H3,(H,23,27)/t17-,22+/m0/s1. The minimum absolute atomic E-state index is 0.0286. The molecule has 154 valence electrons. The topological polar surface area (TPSA) is 88.1 Å². The number of aryl methyl sites for hydroxylation is 2. The molecule has 1 aliphatic rings. The predicted octanol–water partition coefficient (Wildman–Crippen LogP) is 2.52. The number of β-amino-alcohol motifs (C(OH)–C–C–N with tert-alkyl or cyclic N) is 1. The van der Waals surface area contributed by atoms with E-state index in [4.69, 9.17) is 9.47 Å². The number of hydrogen-bond acceptors (Lipinski definition) is 5. The number of carbonyl (C=O) groups excluding carboxylic acids is 2. The number of carbonyl (C=O) groups is 2. The van der Waals surface area contributed by atoms with E-state index in [2.05, 4.69) is 5.32 Å². The van der Waals surface area contributed by atoms with Crippen molar-refractivity contribution in [1.29, 1.82) is 0 Å². The van der Waals surface area contributed by atoms with Crippen molar-refractivity contribution >= 4 is 11.9 Å². The Hall–Kier alpha value is -3.06. The van der Waals surface area contributed by atoms with Gasteiger partial charge in [0.15, 0.2) is 0 Å². The number of ether oxygens (including phenoxy) is 2. The molecule has 2 aromatic carbocycles. The first-order chi connectivity index (χ1) is 13.7. The van der Waals surface area contributed by atoms with Crippen LogP contribution in [0.3, 0.4) is 0 Å². The lowest BCUT2D eigenvalue weighted by Crippen LogP contribution is -2.42. The first-order valence-corrected chi connectivity index (χ1v) is 9.40. The fourth-order valence-corrected chi connectivity index (χ4v) is 3.45. The highest BCUT2D eigenvalue weighted by molar-refractivity contribution is 6.07. The molecule has 1 fully saturated rings. The lowest BCUT2D eigenvalue weighted by atomic mass is 9.92. The van der Waals surface area contributed by atoms with Gasteiger partial charge < -0.3 is 19.9 Å². The summed E-state index contributed by atoms with van der Waals surface area (Å²) >= 11 is 0. The van der Waals surface area contributed by atoms with Crippen LogP contribution in [0.15, 0.2) is 42.5 Å². The van der Waals surface area contributed by atoms with Gasteiger partial charge in [0.1, 0.15) is 29.7 Å². The fourth-order valence-electron chi connectivity index (χ4n) is 3.45. The molecule has 2 aromatic rings. The van der Waals surface area contributed by atoms with Crippen LogP contribution in [-0.2, 0) is 10.3 Å². The average molecular weight is 398 g/mol. The van der Waals surface area contributed by atoms with E-state index in [1.807, 2.05) is 32.0 Å². The quantitative estimate of drug-likeness (QED) is 0.700. The van der Waals surface area contributed by atoms with Crippen LogP contribution < -0.4 is 14.8 Å². The molecule has 1 saturated heterocycles. The van der Waals surface area contributed by atoms with Crippen molar-refractivity contribution in [3.8, 4) is 11.5 Å². The maximum absolute atomic E-state index is 13.0. The monoisotopic (exact) mass is 398 g/mol. The van der Waals surface area contributed by atoms with Crippen molar-refractivity contribution in [2.24, 2.45) is 0 Å². The molecule has 7 heteroatoms. The number of nitrogens with zero attached hydrogens (tertiary/aromatic N) is 1. The molecule has 0 aromatic heterocycles. The first kappa shape index (κ1) is 20.7. The second kappa shape index (κ2) is 8.13. The molecule has 0 bridgehead atoms. The number of rotatable bonds is 7. The Morgan fingerprint density at radius 1 is 1.07 bits per heavy atom. The fraction of sp³-hybridized carbons (Fsp3) is 0.364. The van der Waals surface area contributed by atoms with E-state index in [0.29, 0.717) is 17.1 Å². The van der Waals surface area contributed by atoms with Gasteiger partial charge in [0, 0.05) is 0 Å². The second-order valence-electron chi connectivity index (χ2n) is 7.49. The highest BCUT2D eigenvalue weighted by Gasteiger charge is 2.49. The Kier molecular flexibility index (Phi) is 5.79. The Balaban J connectivity index is 1.65. The molecule has 3 amide bonds. The molecule has 2 atom stereocenters. The van der Waals surface area contributed by atoms with Crippen LogP contribution >= 0.6 is 0 Å². The third kappa shape index (κ3) is 4.35. The summed E-state index contributed by atoms with van der Waals surface area (Å²) in [5, 5.41) is 13.1. The number of benzene rings is 2. The average Bonchev–Trinajstić information content (AvgIpc) is 2.90. The summed E-state index contributed by atoms with van der Waals surface area (Å²) in [5.74, 6) is 0.880. The zero-order valence-corrected chi connectivity index (χ0v) is 17.1. The zero-order chi connectivity index (χ0) is 21.2. The Morgan fingerprint density at radius 2 is 1.69 bits per heavy atom. The van der Waals surface area contributed by atoms with Gasteiger partial charge in [0.05, 0.1) is 13.7 Å². The normalized spacial score (nSPS) is 19.8. The van der Waals surface area contributed by atoms with Gasteiger partial charge in [0.2, 0.25) is 0 Å². The molecular weight excluding hydrogens is 372 g/mol. The summed E-state index contributed by atoms with van der Waals surface area (Å²) < 4.78 is 10.8. The number of amides is 3. The molecule has 0 aliphatic carbocycles. The van der Waals surface area contributed by atoms with E-state index >= 15 is 0 Å². The molecule has 3 rings (SSSR count). The van der Waals surface area contributed by atoms with E-state index in [1.54, 1.807) is 38.3 Å². The molecule has 1 aliphatic heterocycles. The SMILES string of the molecule is COc1ccc([C@@]2(C)NC(=O)N(C[C@H](O)COc3cc(C)cc(C)c3)C2=O)cc1. The molecule has 0 radical (unpaired) electrons. The molecule has 1 heterocycles. The van der Waals surface area contributed by atoms with Crippen LogP contribution in [0.25, 0.3) is 0 Å². The van der Waals surface area contributed by atoms with Gasteiger partial charge in [-0.05, 0) is 61.7 Å². The van der Waals surface area contributed by atoms with Crippen molar-refractivity contribution in [2.45, 2.75) is 32.4 Å². The number of aliphatic hydroxyl groups excluding tert-OH is 1. The van der Waals surface area contributed by atoms with Gasteiger partial charge in [-0.15, -0.1) is 0 Å². The third-order valence-electron chi connectivity index (χ3n) is 4.97. The summed E-state index contributed by atoms with van der Waals surface area (Å²) in [5.41, 5.74) is 1.55. The van der Waals surface area contributed by atoms with Gasteiger partial charge in [0.25, 0.3) is 5.91 Å².